The smallest absolute Gasteiger partial charge is 0.0270 e. The van der Waals surface area contributed by atoms with Gasteiger partial charge in [0.05, 0.1) is 0 Å². The topological polar surface area (TPSA) is 24.9 Å². The Kier molecular flexibility index (Phi) is 8.48. The van der Waals surface area contributed by atoms with Crippen molar-refractivity contribution in [1.82, 2.24) is 10.3 Å². The van der Waals surface area contributed by atoms with Crippen LogP contribution in [0.3, 0.4) is 0 Å². The molecule has 2 atom stereocenters. The molecule has 0 saturated carbocycles. The summed E-state index contributed by atoms with van der Waals surface area (Å²) >= 11 is 0. The molecule has 1 heterocycles. The molecule has 1 aromatic rings. The maximum absolute atomic E-state index is 4.11. The molecule has 1 rings (SSSR count). The molecule has 19 heavy (non-hydrogen) atoms. The number of rotatable bonds is 10. The minimum atomic E-state index is 0.564. The van der Waals surface area contributed by atoms with E-state index in [1.165, 1.54) is 44.1 Å². The summed E-state index contributed by atoms with van der Waals surface area (Å²) in [4.78, 5) is 4.11. The fraction of sp³-hybridized carbons (Fsp3) is 0.706. The van der Waals surface area contributed by atoms with Gasteiger partial charge in [-0.05, 0) is 36.6 Å². The Morgan fingerprint density at radius 1 is 1.05 bits per heavy atom. The van der Waals surface area contributed by atoms with Crippen molar-refractivity contribution in [2.45, 2.75) is 71.3 Å². The molecule has 2 heteroatoms. The summed E-state index contributed by atoms with van der Waals surface area (Å²) in [6, 6.07) is 4.88. The molecule has 0 aromatic carbocycles. The van der Waals surface area contributed by atoms with E-state index in [9.17, 15) is 0 Å². The first kappa shape index (κ1) is 16.2. The first-order valence-electron chi connectivity index (χ1n) is 7.92. The van der Waals surface area contributed by atoms with E-state index in [1.54, 1.807) is 0 Å². The van der Waals surface area contributed by atoms with Gasteiger partial charge < -0.3 is 5.32 Å². The van der Waals surface area contributed by atoms with Gasteiger partial charge >= 0.3 is 0 Å². The third-order valence-corrected chi connectivity index (χ3v) is 3.92. The van der Waals surface area contributed by atoms with Crippen molar-refractivity contribution < 1.29 is 0 Å². The zero-order valence-corrected chi connectivity index (χ0v) is 12.9. The second-order valence-electron chi connectivity index (χ2n) is 5.44. The monoisotopic (exact) mass is 262 g/mol. The first-order chi connectivity index (χ1) is 9.29. The summed E-state index contributed by atoms with van der Waals surface area (Å²) in [7, 11) is 0. The van der Waals surface area contributed by atoms with Crippen LogP contribution in [-0.2, 0) is 0 Å². The maximum Gasteiger partial charge on any atom is 0.0270 e. The van der Waals surface area contributed by atoms with Crippen molar-refractivity contribution in [3.63, 3.8) is 0 Å². The van der Waals surface area contributed by atoms with E-state index in [0.29, 0.717) is 12.0 Å². The maximum atomic E-state index is 4.11. The van der Waals surface area contributed by atoms with Crippen LogP contribution in [0.15, 0.2) is 24.5 Å². The molecule has 0 radical (unpaired) electrons. The van der Waals surface area contributed by atoms with Crippen LogP contribution in [0.25, 0.3) is 0 Å². The fourth-order valence-electron chi connectivity index (χ4n) is 2.66. The third-order valence-electron chi connectivity index (χ3n) is 3.92. The Bertz CT molecular complexity index is 310. The summed E-state index contributed by atoms with van der Waals surface area (Å²) < 4.78 is 0. The van der Waals surface area contributed by atoms with Crippen LogP contribution < -0.4 is 5.32 Å². The number of unbranched alkanes of at least 4 members (excludes halogenated alkanes) is 4. The Morgan fingerprint density at radius 3 is 2.37 bits per heavy atom. The van der Waals surface area contributed by atoms with Gasteiger partial charge in [0.15, 0.2) is 0 Å². The van der Waals surface area contributed by atoms with Gasteiger partial charge in [-0.15, -0.1) is 0 Å². The van der Waals surface area contributed by atoms with Gasteiger partial charge in [-0.2, -0.15) is 0 Å². The Morgan fingerprint density at radius 2 is 1.74 bits per heavy atom. The number of hydrogen-bond acceptors (Lipinski definition) is 2. The molecule has 0 amide bonds. The lowest BCUT2D eigenvalue weighted by Crippen LogP contribution is -2.33. The molecule has 0 aliphatic heterocycles. The average Bonchev–Trinajstić information content (AvgIpc) is 2.46. The number of hydrogen-bond donors (Lipinski definition) is 1. The standard InChI is InChI=1S/C17H30N2/c1-4-6-7-8-9-10-17(19-5-2)15(3)16-11-13-18-14-12-16/h11-15,17,19H,4-10H2,1-3H3. The quantitative estimate of drug-likeness (QED) is 0.627. The van der Waals surface area contributed by atoms with Crippen LogP contribution >= 0.6 is 0 Å². The zero-order valence-electron chi connectivity index (χ0n) is 12.9. The normalized spacial score (nSPS) is 14.3. The van der Waals surface area contributed by atoms with E-state index in [1.807, 2.05) is 12.4 Å². The third kappa shape index (κ3) is 6.20. The molecule has 0 bridgehead atoms. The zero-order chi connectivity index (χ0) is 13.9. The highest BCUT2D eigenvalue weighted by Gasteiger charge is 2.17. The molecule has 0 aliphatic carbocycles. The highest BCUT2D eigenvalue weighted by Crippen LogP contribution is 2.22. The SMILES string of the molecule is CCCCCCCC(NCC)C(C)c1ccncc1. The Balaban J connectivity index is 2.42. The highest BCUT2D eigenvalue weighted by atomic mass is 14.9. The van der Waals surface area contributed by atoms with Crippen LogP contribution in [0.1, 0.15) is 70.8 Å². The van der Waals surface area contributed by atoms with Crippen molar-refractivity contribution in [3.8, 4) is 0 Å². The van der Waals surface area contributed by atoms with E-state index in [0.717, 1.165) is 6.54 Å². The highest BCUT2D eigenvalue weighted by molar-refractivity contribution is 5.17. The van der Waals surface area contributed by atoms with Gasteiger partial charge in [0.1, 0.15) is 0 Å². The molecule has 108 valence electrons. The van der Waals surface area contributed by atoms with Crippen molar-refractivity contribution in [3.05, 3.63) is 30.1 Å². The predicted molar refractivity (Wildman–Crippen MR) is 83.5 cm³/mol. The van der Waals surface area contributed by atoms with Gasteiger partial charge in [0.2, 0.25) is 0 Å². The largest absolute Gasteiger partial charge is 0.314 e. The summed E-state index contributed by atoms with van der Waals surface area (Å²) in [5.74, 6) is 0.564. The van der Waals surface area contributed by atoms with Crippen molar-refractivity contribution in [2.24, 2.45) is 0 Å². The van der Waals surface area contributed by atoms with Gasteiger partial charge in [-0.1, -0.05) is 52.9 Å². The molecule has 0 aliphatic rings. The average molecular weight is 262 g/mol. The minimum Gasteiger partial charge on any atom is -0.314 e. The lowest BCUT2D eigenvalue weighted by atomic mass is 9.90. The van der Waals surface area contributed by atoms with Crippen LogP contribution in [0, 0.1) is 0 Å². The number of nitrogens with one attached hydrogen (secondary N) is 1. The summed E-state index contributed by atoms with van der Waals surface area (Å²) in [5.41, 5.74) is 1.40. The fourth-order valence-corrected chi connectivity index (χ4v) is 2.66. The number of likely N-dealkylation sites (N-methyl/N-ethyl adjacent to an activating group) is 1. The molecule has 1 N–H and O–H groups in total. The summed E-state index contributed by atoms with van der Waals surface area (Å²) in [6.07, 6.45) is 11.9. The van der Waals surface area contributed by atoms with Gasteiger partial charge in [-0.25, -0.2) is 0 Å². The lowest BCUT2D eigenvalue weighted by molar-refractivity contribution is 0.413. The molecule has 0 spiro atoms. The van der Waals surface area contributed by atoms with Crippen LogP contribution in [-0.4, -0.2) is 17.6 Å². The van der Waals surface area contributed by atoms with Crippen LogP contribution in [0.2, 0.25) is 0 Å². The molecular weight excluding hydrogens is 232 g/mol. The van der Waals surface area contributed by atoms with E-state index >= 15 is 0 Å². The molecule has 0 saturated heterocycles. The molecule has 0 fully saturated rings. The second kappa shape index (κ2) is 9.96. The molecular formula is C17H30N2. The first-order valence-corrected chi connectivity index (χ1v) is 7.92. The summed E-state index contributed by atoms with van der Waals surface area (Å²) in [6.45, 7) is 7.85. The summed E-state index contributed by atoms with van der Waals surface area (Å²) in [5, 5.41) is 3.65. The molecule has 2 nitrogen and oxygen atoms in total. The van der Waals surface area contributed by atoms with Gasteiger partial charge in [0.25, 0.3) is 0 Å². The second-order valence-corrected chi connectivity index (χ2v) is 5.44. The van der Waals surface area contributed by atoms with Gasteiger partial charge in [-0.3, -0.25) is 4.98 Å². The predicted octanol–water partition coefficient (Wildman–Crippen LogP) is 4.52. The number of pyridine rings is 1. The van der Waals surface area contributed by atoms with E-state index in [-0.39, 0.29) is 0 Å². The Hall–Kier alpha value is -0.890. The minimum absolute atomic E-state index is 0.564. The van der Waals surface area contributed by atoms with E-state index < -0.39 is 0 Å². The van der Waals surface area contributed by atoms with E-state index in [4.69, 9.17) is 0 Å². The Labute approximate surface area is 119 Å². The van der Waals surface area contributed by atoms with Crippen molar-refractivity contribution in [1.29, 1.82) is 0 Å². The van der Waals surface area contributed by atoms with Crippen molar-refractivity contribution >= 4 is 0 Å². The van der Waals surface area contributed by atoms with Crippen LogP contribution in [0.4, 0.5) is 0 Å². The van der Waals surface area contributed by atoms with E-state index in [2.05, 4.69) is 43.2 Å². The molecule has 2 unspecified atom stereocenters. The van der Waals surface area contributed by atoms with Gasteiger partial charge in [0, 0.05) is 18.4 Å². The molecule has 1 aromatic heterocycles. The van der Waals surface area contributed by atoms with Crippen molar-refractivity contribution in [2.75, 3.05) is 6.54 Å². The van der Waals surface area contributed by atoms with Crippen LogP contribution in [0.5, 0.6) is 0 Å². The number of aromatic nitrogens is 1. The number of nitrogens with zero attached hydrogens (tertiary/aromatic N) is 1. The lowest BCUT2D eigenvalue weighted by Gasteiger charge is -2.25.